The van der Waals surface area contributed by atoms with Crippen molar-refractivity contribution in [2.24, 2.45) is 0 Å². The number of rotatable bonds is 6. The molecule has 0 bridgehead atoms. The zero-order valence-electron chi connectivity index (χ0n) is 10.7. The molecule has 1 fully saturated rings. The Kier molecular flexibility index (Phi) is 5.10. The van der Waals surface area contributed by atoms with Gasteiger partial charge in [0.1, 0.15) is 0 Å². The highest BCUT2D eigenvalue weighted by Crippen LogP contribution is 2.21. The van der Waals surface area contributed by atoms with Crippen LogP contribution in [-0.4, -0.2) is 30.5 Å². The molecule has 1 aromatic carbocycles. The lowest BCUT2D eigenvalue weighted by molar-refractivity contribution is -0.00117. The first-order valence-electron chi connectivity index (χ1n) is 6.64. The topological polar surface area (TPSA) is 41.5 Å². The third-order valence-corrected chi connectivity index (χ3v) is 3.29. The van der Waals surface area contributed by atoms with Gasteiger partial charge in [-0.2, -0.15) is 0 Å². The number of hydrogen-bond acceptors (Lipinski definition) is 3. The fourth-order valence-corrected chi connectivity index (χ4v) is 2.20. The van der Waals surface area contributed by atoms with Crippen LogP contribution in [0, 0.1) is 11.6 Å². The molecule has 1 aliphatic carbocycles. The lowest BCUT2D eigenvalue weighted by atomic mass is 10.2. The van der Waals surface area contributed by atoms with Crippen molar-refractivity contribution in [1.29, 1.82) is 0 Å². The van der Waals surface area contributed by atoms with E-state index in [1.54, 1.807) is 0 Å². The molecule has 0 aromatic heterocycles. The van der Waals surface area contributed by atoms with Crippen LogP contribution in [-0.2, 0) is 4.74 Å². The third kappa shape index (κ3) is 4.44. The first-order valence-corrected chi connectivity index (χ1v) is 6.64. The second-order valence-electron chi connectivity index (χ2n) is 4.90. The van der Waals surface area contributed by atoms with Crippen molar-refractivity contribution in [1.82, 2.24) is 0 Å². The van der Waals surface area contributed by atoms with Crippen molar-refractivity contribution >= 4 is 5.69 Å². The highest BCUT2D eigenvalue weighted by atomic mass is 19.2. The third-order valence-electron chi connectivity index (χ3n) is 3.29. The smallest absolute Gasteiger partial charge is 0.160 e. The minimum Gasteiger partial charge on any atom is -0.389 e. The molecule has 0 radical (unpaired) electrons. The van der Waals surface area contributed by atoms with Crippen LogP contribution in [0.5, 0.6) is 0 Å². The Labute approximate surface area is 111 Å². The zero-order valence-corrected chi connectivity index (χ0v) is 10.7. The van der Waals surface area contributed by atoms with Gasteiger partial charge in [0.25, 0.3) is 0 Å². The highest BCUT2D eigenvalue weighted by Gasteiger charge is 2.16. The molecule has 1 aliphatic rings. The van der Waals surface area contributed by atoms with Gasteiger partial charge in [-0.05, 0) is 25.0 Å². The maximum absolute atomic E-state index is 13.0. The molecule has 1 atom stereocenters. The Morgan fingerprint density at radius 1 is 1.26 bits per heavy atom. The van der Waals surface area contributed by atoms with Gasteiger partial charge in [0.15, 0.2) is 11.6 Å². The van der Waals surface area contributed by atoms with Gasteiger partial charge in [-0.1, -0.05) is 12.8 Å². The largest absolute Gasteiger partial charge is 0.389 e. The van der Waals surface area contributed by atoms with Crippen LogP contribution in [0.4, 0.5) is 14.5 Å². The molecule has 0 amide bonds. The van der Waals surface area contributed by atoms with E-state index in [1.165, 1.54) is 18.9 Å². The van der Waals surface area contributed by atoms with Gasteiger partial charge in [0, 0.05) is 18.3 Å². The molecule has 0 spiro atoms. The van der Waals surface area contributed by atoms with Crippen LogP contribution in [0.15, 0.2) is 18.2 Å². The van der Waals surface area contributed by atoms with E-state index >= 15 is 0 Å². The molecule has 0 saturated heterocycles. The average molecular weight is 271 g/mol. The summed E-state index contributed by atoms with van der Waals surface area (Å²) in [4.78, 5) is 0. The highest BCUT2D eigenvalue weighted by molar-refractivity contribution is 5.43. The number of aliphatic hydroxyl groups is 1. The summed E-state index contributed by atoms with van der Waals surface area (Å²) < 4.78 is 31.2. The van der Waals surface area contributed by atoms with Gasteiger partial charge < -0.3 is 15.2 Å². The van der Waals surface area contributed by atoms with Gasteiger partial charge in [-0.3, -0.25) is 0 Å². The second-order valence-corrected chi connectivity index (χ2v) is 4.90. The zero-order chi connectivity index (χ0) is 13.7. The maximum Gasteiger partial charge on any atom is 0.160 e. The Bertz CT molecular complexity index is 408. The molecule has 19 heavy (non-hydrogen) atoms. The number of halogens is 2. The number of benzene rings is 1. The van der Waals surface area contributed by atoms with E-state index in [-0.39, 0.29) is 19.3 Å². The Morgan fingerprint density at radius 3 is 2.68 bits per heavy atom. The monoisotopic (exact) mass is 271 g/mol. The molecule has 0 aliphatic heterocycles. The van der Waals surface area contributed by atoms with Crippen molar-refractivity contribution in [2.45, 2.75) is 37.9 Å². The van der Waals surface area contributed by atoms with E-state index in [2.05, 4.69) is 5.32 Å². The van der Waals surface area contributed by atoms with E-state index in [9.17, 15) is 13.9 Å². The minimum absolute atomic E-state index is 0.248. The van der Waals surface area contributed by atoms with Gasteiger partial charge >= 0.3 is 0 Å². The van der Waals surface area contributed by atoms with Gasteiger partial charge in [0.2, 0.25) is 0 Å². The fraction of sp³-hybridized carbons (Fsp3) is 0.571. The van der Waals surface area contributed by atoms with Crippen LogP contribution in [0.25, 0.3) is 0 Å². The molecule has 1 saturated carbocycles. The quantitative estimate of drug-likeness (QED) is 0.836. The van der Waals surface area contributed by atoms with E-state index in [0.717, 1.165) is 25.0 Å². The molecule has 5 heteroatoms. The SMILES string of the molecule is OC(CNc1ccc(F)c(F)c1)COC1CCCC1. The van der Waals surface area contributed by atoms with Crippen molar-refractivity contribution in [2.75, 3.05) is 18.5 Å². The number of nitrogens with one attached hydrogen (secondary N) is 1. The number of ether oxygens (including phenoxy) is 1. The van der Waals surface area contributed by atoms with Crippen molar-refractivity contribution in [3.63, 3.8) is 0 Å². The lowest BCUT2D eigenvalue weighted by Crippen LogP contribution is -2.27. The summed E-state index contributed by atoms with van der Waals surface area (Å²) in [5.74, 6) is -1.78. The summed E-state index contributed by atoms with van der Waals surface area (Å²) in [6.45, 7) is 0.513. The molecule has 106 valence electrons. The van der Waals surface area contributed by atoms with Crippen LogP contribution >= 0.6 is 0 Å². The molecule has 1 aromatic rings. The number of hydrogen-bond donors (Lipinski definition) is 2. The average Bonchev–Trinajstić information content (AvgIpc) is 2.91. The standard InChI is InChI=1S/C14H19F2NO2/c15-13-6-5-10(7-14(13)16)17-8-11(18)9-19-12-3-1-2-4-12/h5-7,11-12,17-18H,1-4,8-9H2. The summed E-state index contributed by atoms with van der Waals surface area (Å²) in [5, 5.41) is 12.6. The van der Waals surface area contributed by atoms with Crippen molar-refractivity contribution < 1.29 is 18.6 Å². The fourth-order valence-electron chi connectivity index (χ4n) is 2.20. The molecule has 0 heterocycles. The minimum atomic E-state index is -0.901. The summed E-state index contributed by atoms with van der Waals surface area (Å²) in [6, 6.07) is 3.56. The van der Waals surface area contributed by atoms with Crippen LogP contribution in [0.3, 0.4) is 0 Å². The second kappa shape index (κ2) is 6.82. The summed E-state index contributed by atoms with van der Waals surface area (Å²) in [6.07, 6.45) is 4.10. The van der Waals surface area contributed by atoms with E-state index in [4.69, 9.17) is 4.74 Å². The van der Waals surface area contributed by atoms with Crippen molar-refractivity contribution in [3.05, 3.63) is 29.8 Å². The Hall–Kier alpha value is -1.20. The van der Waals surface area contributed by atoms with Crippen LogP contribution in [0.2, 0.25) is 0 Å². The predicted molar refractivity (Wildman–Crippen MR) is 69.1 cm³/mol. The summed E-state index contributed by atoms with van der Waals surface area (Å²) >= 11 is 0. The van der Waals surface area contributed by atoms with Crippen molar-refractivity contribution in [3.8, 4) is 0 Å². The molecular formula is C14H19F2NO2. The molecule has 2 rings (SSSR count). The van der Waals surface area contributed by atoms with Gasteiger partial charge in [-0.15, -0.1) is 0 Å². The lowest BCUT2D eigenvalue weighted by Gasteiger charge is -2.16. The summed E-state index contributed by atoms with van der Waals surface area (Å²) in [7, 11) is 0. The van der Waals surface area contributed by atoms with E-state index in [1.807, 2.05) is 0 Å². The van der Waals surface area contributed by atoms with Crippen LogP contribution in [0.1, 0.15) is 25.7 Å². The maximum atomic E-state index is 13.0. The first-order chi connectivity index (χ1) is 9.15. The van der Waals surface area contributed by atoms with Gasteiger partial charge in [0.05, 0.1) is 18.8 Å². The number of anilines is 1. The van der Waals surface area contributed by atoms with Gasteiger partial charge in [-0.25, -0.2) is 8.78 Å². The number of aliphatic hydroxyl groups excluding tert-OH is 1. The predicted octanol–water partition coefficient (Wildman–Crippen LogP) is 2.70. The molecule has 2 N–H and O–H groups in total. The molecule has 3 nitrogen and oxygen atoms in total. The Balaban J connectivity index is 1.70. The Morgan fingerprint density at radius 2 is 2.00 bits per heavy atom. The van der Waals surface area contributed by atoms with E-state index < -0.39 is 17.7 Å². The normalized spacial score (nSPS) is 17.6. The summed E-state index contributed by atoms with van der Waals surface area (Å²) in [5.41, 5.74) is 0.443. The van der Waals surface area contributed by atoms with E-state index in [0.29, 0.717) is 5.69 Å². The molecule has 1 unspecified atom stereocenters. The van der Waals surface area contributed by atoms with Crippen LogP contribution < -0.4 is 5.32 Å². The molecular weight excluding hydrogens is 252 g/mol. The first kappa shape index (κ1) is 14.2.